The Bertz CT molecular complexity index is 805. The zero-order valence-electron chi connectivity index (χ0n) is 10.2. The quantitative estimate of drug-likeness (QED) is 0.414. The normalized spacial score (nSPS) is 11.4. The minimum absolute atomic E-state index is 0.294. The predicted octanol–water partition coefficient (Wildman–Crippen LogP) is 4.37. The van der Waals surface area contributed by atoms with Gasteiger partial charge >= 0.3 is 0 Å². The molecule has 102 valence electrons. The number of anilines is 1. The summed E-state index contributed by atoms with van der Waals surface area (Å²) in [5.41, 5.74) is 3.11. The molecule has 0 spiro atoms. The molecule has 0 atom stereocenters. The van der Waals surface area contributed by atoms with Gasteiger partial charge < -0.3 is 5.43 Å². The molecule has 0 aliphatic carbocycles. The summed E-state index contributed by atoms with van der Waals surface area (Å²) in [6, 6.07) is 10.6. The van der Waals surface area contributed by atoms with Crippen molar-refractivity contribution in [1.29, 1.82) is 0 Å². The standard InChI is InChI=1S/C14H10BrF2N3/c15-10-5-9-11(20-18)6-12(14(16)17)19-13(9)8-4-2-1-3-7(8)10/h1-6,14H,18H2,(H,19,20). The van der Waals surface area contributed by atoms with Crippen LogP contribution < -0.4 is 11.3 Å². The fourth-order valence-corrected chi connectivity index (χ4v) is 2.83. The van der Waals surface area contributed by atoms with Gasteiger partial charge in [0.2, 0.25) is 0 Å². The summed E-state index contributed by atoms with van der Waals surface area (Å²) >= 11 is 3.48. The Morgan fingerprint density at radius 1 is 1.10 bits per heavy atom. The highest BCUT2D eigenvalue weighted by Gasteiger charge is 2.15. The molecule has 20 heavy (non-hydrogen) atoms. The van der Waals surface area contributed by atoms with E-state index in [2.05, 4.69) is 26.3 Å². The van der Waals surface area contributed by atoms with Crippen molar-refractivity contribution >= 4 is 43.3 Å². The van der Waals surface area contributed by atoms with Crippen molar-refractivity contribution < 1.29 is 8.78 Å². The highest BCUT2D eigenvalue weighted by Crippen LogP contribution is 2.35. The molecular weight excluding hydrogens is 328 g/mol. The number of halogens is 3. The first-order chi connectivity index (χ1) is 9.61. The van der Waals surface area contributed by atoms with Gasteiger partial charge in [-0.05, 0) is 17.5 Å². The molecule has 3 rings (SSSR count). The van der Waals surface area contributed by atoms with Gasteiger partial charge in [0.25, 0.3) is 6.43 Å². The number of nitrogens with two attached hydrogens (primary N) is 1. The molecule has 3 N–H and O–H groups in total. The number of aromatic nitrogens is 1. The van der Waals surface area contributed by atoms with Crippen LogP contribution in [-0.2, 0) is 0 Å². The van der Waals surface area contributed by atoms with Crippen LogP contribution in [0.5, 0.6) is 0 Å². The number of pyridine rings is 1. The van der Waals surface area contributed by atoms with E-state index in [9.17, 15) is 8.78 Å². The Hall–Kier alpha value is -1.79. The van der Waals surface area contributed by atoms with Crippen molar-refractivity contribution in [3.05, 3.63) is 46.6 Å². The van der Waals surface area contributed by atoms with E-state index in [-0.39, 0.29) is 5.69 Å². The molecule has 1 aromatic heterocycles. The minimum Gasteiger partial charge on any atom is -0.323 e. The molecular formula is C14H10BrF2N3. The largest absolute Gasteiger partial charge is 0.323 e. The van der Waals surface area contributed by atoms with Crippen molar-refractivity contribution in [3.63, 3.8) is 0 Å². The number of nitrogens with zero attached hydrogens (tertiary/aromatic N) is 1. The Kier molecular flexibility index (Phi) is 3.27. The highest BCUT2D eigenvalue weighted by atomic mass is 79.9. The number of nitrogens with one attached hydrogen (secondary N) is 1. The maximum Gasteiger partial charge on any atom is 0.280 e. The van der Waals surface area contributed by atoms with Crippen molar-refractivity contribution in [2.45, 2.75) is 6.43 Å². The fourth-order valence-electron chi connectivity index (χ4n) is 2.26. The number of hydrazine groups is 1. The lowest BCUT2D eigenvalue weighted by Gasteiger charge is -2.12. The van der Waals surface area contributed by atoms with Gasteiger partial charge in [-0.1, -0.05) is 40.2 Å². The average molecular weight is 338 g/mol. The summed E-state index contributed by atoms with van der Waals surface area (Å²) in [6.07, 6.45) is -2.64. The van der Waals surface area contributed by atoms with Crippen molar-refractivity contribution in [2.75, 3.05) is 5.43 Å². The van der Waals surface area contributed by atoms with Crippen LogP contribution >= 0.6 is 15.9 Å². The molecule has 0 radical (unpaired) electrons. The van der Waals surface area contributed by atoms with Crippen LogP contribution in [0.1, 0.15) is 12.1 Å². The van der Waals surface area contributed by atoms with Gasteiger partial charge in [-0.15, -0.1) is 0 Å². The molecule has 1 heterocycles. The van der Waals surface area contributed by atoms with E-state index in [1.807, 2.05) is 30.3 Å². The van der Waals surface area contributed by atoms with Gasteiger partial charge in [0, 0.05) is 15.2 Å². The number of fused-ring (bicyclic) bond motifs is 3. The zero-order chi connectivity index (χ0) is 14.3. The second kappa shape index (κ2) is 4.96. The molecule has 0 aliphatic heterocycles. The van der Waals surface area contributed by atoms with E-state index < -0.39 is 6.43 Å². The lowest BCUT2D eigenvalue weighted by atomic mass is 10.0. The van der Waals surface area contributed by atoms with E-state index in [0.717, 1.165) is 15.2 Å². The second-order valence-electron chi connectivity index (χ2n) is 4.34. The third-order valence-electron chi connectivity index (χ3n) is 3.17. The lowest BCUT2D eigenvalue weighted by molar-refractivity contribution is 0.146. The lowest BCUT2D eigenvalue weighted by Crippen LogP contribution is -2.08. The van der Waals surface area contributed by atoms with Gasteiger partial charge in [-0.2, -0.15) is 0 Å². The number of nitrogen functional groups attached to an aromatic ring is 1. The van der Waals surface area contributed by atoms with E-state index >= 15 is 0 Å². The number of benzene rings is 2. The van der Waals surface area contributed by atoms with Crippen molar-refractivity contribution in [2.24, 2.45) is 5.84 Å². The maximum atomic E-state index is 13.0. The third kappa shape index (κ3) is 2.01. The van der Waals surface area contributed by atoms with Crippen molar-refractivity contribution in [3.8, 4) is 0 Å². The Morgan fingerprint density at radius 3 is 2.45 bits per heavy atom. The number of hydrogen-bond donors (Lipinski definition) is 2. The first kappa shape index (κ1) is 13.2. The van der Waals surface area contributed by atoms with E-state index in [0.29, 0.717) is 16.6 Å². The summed E-state index contributed by atoms with van der Waals surface area (Å²) in [4.78, 5) is 4.09. The predicted molar refractivity (Wildman–Crippen MR) is 79.7 cm³/mol. The molecule has 0 saturated heterocycles. The summed E-state index contributed by atoms with van der Waals surface area (Å²) in [7, 11) is 0. The summed E-state index contributed by atoms with van der Waals surface area (Å²) in [5.74, 6) is 5.44. The van der Waals surface area contributed by atoms with E-state index in [1.165, 1.54) is 6.07 Å². The highest BCUT2D eigenvalue weighted by molar-refractivity contribution is 9.10. The fraction of sp³-hybridized carbons (Fsp3) is 0.0714. The van der Waals surface area contributed by atoms with Gasteiger partial charge in [0.15, 0.2) is 0 Å². The zero-order valence-corrected chi connectivity index (χ0v) is 11.8. The Labute approximate surface area is 121 Å². The molecule has 6 heteroatoms. The maximum absolute atomic E-state index is 13.0. The molecule has 0 bridgehead atoms. The van der Waals surface area contributed by atoms with Crippen LogP contribution in [0.2, 0.25) is 0 Å². The van der Waals surface area contributed by atoms with E-state index in [4.69, 9.17) is 5.84 Å². The molecule has 0 unspecified atom stereocenters. The first-order valence-corrected chi connectivity index (χ1v) is 6.68. The molecule has 0 saturated carbocycles. The van der Waals surface area contributed by atoms with Gasteiger partial charge in [0.1, 0.15) is 5.69 Å². The van der Waals surface area contributed by atoms with Crippen LogP contribution in [0.4, 0.5) is 14.5 Å². The van der Waals surface area contributed by atoms with E-state index in [1.54, 1.807) is 0 Å². The number of alkyl halides is 2. The van der Waals surface area contributed by atoms with Gasteiger partial charge in [-0.25, -0.2) is 13.8 Å². The summed E-state index contributed by atoms with van der Waals surface area (Å²) in [5, 5.41) is 2.42. The average Bonchev–Trinajstić information content (AvgIpc) is 2.46. The topological polar surface area (TPSA) is 50.9 Å². The molecule has 3 nitrogen and oxygen atoms in total. The summed E-state index contributed by atoms with van der Waals surface area (Å²) in [6.45, 7) is 0. The second-order valence-corrected chi connectivity index (χ2v) is 5.19. The Morgan fingerprint density at radius 2 is 1.80 bits per heavy atom. The summed E-state index contributed by atoms with van der Waals surface area (Å²) < 4.78 is 26.8. The smallest absolute Gasteiger partial charge is 0.280 e. The van der Waals surface area contributed by atoms with Gasteiger partial charge in [-0.3, -0.25) is 5.84 Å². The molecule has 2 aromatic carbocycles. The number of rotatable bonds is 2. The van der Waals surface area contributed by atoms with Crippen LogP contribution in [0.25, 0.3) is 21.7 Å². The van der Waals surface area contributed by atoms with Crippen LogP contribution in [-0.4, -0.2) is 4.98 Å². The van der Waals surface area contributed by atoms with Crippen molar-refractivity contribution in [1.82, 2.24) is 4.98 Å². The SMILES string of the molecule is NNc1cc(C(F)F)nc2c1cc(Br)c1ccccc12. The molecule has 0 aliphatic rings. The van der Waals surface area contributed by atoms with Crippen LogP contribution in [0, 0.1) is 0 Å². The molecule has 0 fully saturated rings. The molecule has 3 aromatic rings. The molecule has 0 amide bonds. The first-order valence-electron chi connectivity index (χ1n) is 5.88. The third-order valence-corrected chi connectivity index (χ3v) is 3.82. The number of hydrogen-bond acceptors (Lipinski definition) is 3. The minimum atomic E-state index is -2.64. The van der Waals surface area contributed by atoms with Crippen LogP contribution in [0.15, 0.2) is 40.9 Å². The van der Waals surface area contributed by atoms with Gasteiger partial charge in [0.05, 0.1) is 11.2 Å². The van der Waals surface area contributed by atoms with Crippen LogP contribution in [0.3, 0.4) is 0 Å². The monoisotopic (exact) mass is 337 g/mol. The Balaban J connectivity index is 2.51.